The molecule has 0 unspecified atom stereocenters. The van der Waals surface area contributed by atoms with Crippen LogP contribution in [0.3, 0.4) is 0 Å². The lowest BCUT2D eigenvalue weighted by atomic mass is 9.87. The van der Waals surface area contributed by atoms with Gasteiger partial charge in [-0.2, -0.15) is 0 Å². The lowest BCUT2D eigenvalue weighted by Gasteiger charge is -2.40. The van der Waals surface area contributed by atoms with Crippen molar-refractivity contribution in [2.24, 2.45) is 13.0 Å². The zero-order valence-corrected chi connectivity index (χ0v) is 43.6. The van der Waals surface area contributed by atoms with E-state index in [-0.39, 0.29) is 67.6 Å². The van der Waals surface area contributed by atoms with Crippen LogP contribution in [0.2, 0.25) is 5.02 Å². The van der Waals surface area contributed by atoms with Crippen molar-refractivity contribution in [1.82, 2.24) is 39.8 Å². The largest absolute Gasteiger partial charge is 0.457 e. The number of carbonyl (C=O) groups is 5. The fraction of sp³-hybridized carbons (Fsp3) is 0.429. The number of rotatable bonds is 13. The van der Waals surface area contributed by atoms with Crippen molar-refractivity contribution in [3.8, 4) is 22.8 Å². The Kier molecular flexibility index (Phi) is 18.5. The third-order valence-corrected chi connectivity index (χ3v) is 14.4. The van der Waals surface area contributed by atoms with Crippen LogP contribution in [0.4, 0.5) is 4.39 Å². The standard InChI is InChI=1S/C56H68ClFN8O7/c1-36-54(69)61-48(35-72-7)56(71)63(4)43(28-38-17-22-42(57)23-18-38)30-52(67)60-47-15-11-12-16-49(47)65(6)55(70)41(27-37-13-9-8-10-14-37)29-53(68)66(36)33-40-21-26-45(31-46(40)58)73-44-24-19-39(20-25-44)50-32-59-51(64(50)5)34-62(2)3/h8-10,13-14,17-26,31-32,36,41,43,47-49H,11-12,15-16,27-30,33-35H2,1-7H3,(H,60,67)(H,61,69)/t36-,41+,43-,47+,48-,49+/m0/s1. The molecule has 2 N–H and O–H groups in total. The lowest BCUT2D eigenvalue weighted by molar-refractivity contribution is -0.147. The van der Waals surface area contributed by atoms with Crippen molar-refractivity contribution in [2.75, 3.05) is 41.9 Å². The highest BCUT2D eigenvalue weighted by molar-refractivity contribution is 6.30. The maximum absolute atomic E-state index is 16.4. The third-order valence-electron chi connectivity index (χ3n) is 14.1. The predicted octanol–water partition coefficient (Wildman–Crippen LogP) is 7.19. The van der Waals surface area contributed by atoms with Crippen LogP contribution in [-0.2, 0) is 61.7 Å². The van der Waals surface area contributed by atoms with Gasteiger partial charge in [-0.3, -0.25) is 24.0 Å². The minimum Gasteiger partial charge on any atom is -0.457 e. The number of ether oxygens (including phenoxy) is 2. The van der Waals surface area contributed by atoms with Crippen molar-refractivity contribution in [3.05, 3.63) is 137 Å². The third kappa shape index (κ3) is 13.9. The Morgan fingerprint density at radius 2 is 1.48 bits per heavy atom. The second-order valence-corrected chi connectivity index (χ2v) is 20.1. The number of nitrogens with one attached hydrogen (secondary N) is 2. The molecule has 2 aliphatic rings. The molecule has 2 fully saturated rings. The Morgan fingerprint density at radius 3 is 2.16 bits per heavy atom. The van der Waals surface area contributed by atoms with E-state index in [0.717, 1.165) is 41.1 Å². The summed E-state index contributed by atoms with van der Waals surface area (Å²) in [4.78, 5) is 84.0. The van der Waals surface area contributed by atoms with E-state index in [4.69, 9.17) is 21.1 Å². The molecule has 73 heavy (non-hydrogen) atoms. The average molecular weight is 1020 g/mol. The monoisotopic (exact) mass is 1020 g/mol. The van der Waals surface area contributed by atoms with Gasteiger partial charge in [-0.05, 0) is 100 Å². The molecule has 0 bridgehead atoms. The van der Waals surface area contributed by atoms with Crippen molar-refractivity contribution in [2.45, 2.75) is 102 Å². The summed E-state index contributed by atoms with van der Waals surface area (Å²) < 4.78 is 30.0. The Balaban J connectivity index is 1.20. The van der Waals surface area contributed by atoms with Crippen LogP contribution in [0.25, 0.3) is 11.3 Å². The maximum Gasteiger partial charge on any atom is 0.247 e. The van der Waals surface area contributed by atoms with E-state index in [1.807, 2.05) is 91.4 Å². The summed E-state index contributed by atoms with van der Waals surface area (Å²) in [5, 5.41) is 6.57. The molecular weight excluding hydrogens is 951 g/mol. The van der Waals surface area contributed by atoms with Gasteiger partial charge in [-0.25, -0.2) is 9.37 Å². The molecule has 5 aromatic rings. The quantitative estimate of drug-likeness (QED) is 0.125. The van der Waals surface area contributed by atoms with Crippen molar-refractivity contribution >= 4 is 41.1 Å². The summed E-state index contributed by atoms with van der Waals surface area (Å²) >= 11 is 6.22. The molecule has 388 valence electrons. The first-order valence-corrected chi connectivity index (χ1v) is 25.3. The number of nitrogens with zero attached hydrogens (tertiary/aromatic N) is 6. The first kappa shape index (κ1) is 54.2. The number of methoxy groups -OCH3 is 1. The lowest BCUT2D eigenvalue weighted by Crippen LogP contribution is -2.58. The number of hydrogen-bond donors (Lipinski definition) is 2. The smallest absolute Gasteiger partial charge is 0.247 e. The van der Waals surface area contributed by atoms with Gasteiger partial charge in [-0.1, -0.05) is 73.0 Å². The van der Waals surface area contributed by atoms with Crippen molar-refractivity contribution < 1.29 is 37.8 Å². The Hall–Kier alpha value is -6.62. The van der Waals surface area contributed by atoms with E-state index in [1.54, 1.807) is 49.3 Å². The van der Waals surface area contributed by atoms with Gasteiger partial charge in [0.1, 0.15) is 35.2 Å². The van der Waals surface area contributed by atoms with Crippen molar-refractivity contribution in [1.29, 1.82) is 0 Å². The highest BCUT2D eigenvalue weighted by Gasteiger charge is 2.39. The van der Waals surface area contributed by atoms with E-state index in [9.17, 15) is 24.0 Å². The normalized spacial score (nSPS) is 21.9. The number of carbonyl (C=O) groups excluding carboxylic acids is 5. The van der Waals surface area contributed by atoms with Crippen LogP contribution in [0.5, 0.6) is 11.5 Å². The fourth-order valence-electron chi connectivity index (χ4n) is 9.91. The molecule has 0 radical (unpaired) electrons. The molecule has 7 rings (SSSR count). The van der Waals surface area contributed by atoms with Gasteiger partial charge in [0.2, 0.25) is 29.5 Å². The number of hydrogen-bond acceptors (Lipinski definition) is 9. The van der Waals surface area contributed by atoms with Gasteiger partial charge in [-0.15, -0.1) is 0 Å². The molecule has 4 aromatic carbocycles. The van der Waals surface area contributed by atoms with Crippen molar-refractivity contribution in [3.63, 3.8) is 0 Å². The molecule has 17 heteroatoms. The Labute approximate surface area is 433 Å². The molecule has 1 aliphatic heterocycles. The summed E-state index contributed by atoms with van der Waals surface area (Å²) in [5.74, 6) is -2.33. The van der Waals surface area contributed by atoms with Gasteiger partial charge < -0.3 is 44.3 Å². The minimum atomic E-state index is -1.26. The second kappa shape index (κ2) is 24.9. The van der Waals surface area contributed by atoms with Crippen LogP contribution in [0, 0.1) is 11.7 Å². The van der Waals surface area contributed by atoms with Crippen LogP contribution < -0.4 is 15.4 Å². The van der Waals surface area contributed by atoms with Gasteiger partial charge in [0.05, 0.1) is 37.0 Å². The number of fused-ring (bicyclic) bond motifs is 1. The van der Waals surface area contributed by atoms with E-state index in [2.05, 4.69) is 15.6 Å². The summed E-state index contributed by atoms with van der Waals surface area (Å²) in [7, 11) is 10.6. The minimum absolute atomic E-state index is 0.0688. The zero-order chi connectivity index (χ0) is 52.3. The molecule has 2 heterocycles. The van der Waals surface area contributed by atoms with Crippen LogP contribution in [-0.4, -0.2) is 131 Å². The molecule has 6 atom stereocenters. The molecule has 0 spiro atoms. The van der Waals surface area contributed by atoms with Gasteiger partial charge in [0.25, 0.3) is 0 Å². The molecular formula is C56H68ClFN8O7. The Bertz CT molecular complexity index is 2700. The van der Waals surface area contributed by atoms with E-state index >= 15 is 4.39 Å². The van der Waals surface area contributed by atoms with Crippen LogP contribution in [0.1, 0.15) is 68.0 Å². The van der Waals surface area contributed by atoms with Gasteiger partial charge in [0, 0.05) is 81.9 Å². The molecule has 1 aliphatic carbocycles. The van der Waals surface area contributed by atoms with Gasteiger partial charge >= 0.3 is 0 Å². The summed E-state index contributed by atoms with van der Waals surface area (Å²) in [6, 6.07) is 24.3. The summed E-state index contributed by atoms with van der Waals surface area (Å²) in [6.07, 6.45) is 4.87. The number of halogens is 2. The fourth-order valence-corrected chi connectivity index (χ4v) is 10.0. The highest BCUT2D eigenvalue weighted by Crippen LogP contribution is 2.30. The molecule has 1 saturated heterocycles. The number of benzene rings is 4. The SMILES string of the molecule is COC[C@@H]1NC(=O)[C@H](C)N(Cc2ccc(Oc3ccc(-c4cnc(CN(C)C)n4C)cc3)cc2F)C(=O)C[C@@H](Cc2ccccc2)C(=O)N(C)[C@@H]2CCCC[C@H]2NC(=O)C[C@H](Cc2ccc(Cl)cc2)N(C)C1=O. The van der Waals surface area contributed by atoms with Gasteiger partial charge in [0.15, 0.2) is 0 Å². The molecule has 15 nitrogen and oxygen atoms in total. The van der Waals surface area contributed by atoms with E-state index in [1.165, 1.54) is 36.0 Å². The zero-order valence-electron chi connectivity index (χ0n) is 42.9. The first-order valence-electron chi connectivity index (χ1n) is 24.9. The first-order chi connectivity index (χ1) is 35.0. The summed E-state index contributed by atoms with van der Waals surface area (Å²) in [5.41, 5.74) is 3.62. The number of likely N-dealkylation sites (N-methyl/N-ethyl adjacent to an activating group) is 2. The predicted molar refractivity (Wildman–Crippen MR) is 278 cm³/mol. The summed E-state index contributed by atoms with van der Waals surface area (Å²) in [6.45, 7) is 1.63. The average Bonchev–Trinajstić information content (AvgIpc) is 3.73. The maximum atomic E-state index is 16.4. The number of amides is 5. The second-order valence-electron chi connectivity index (χ2n) is 19.7. The molecule has 1 aromatic heterocycles. The van der Waals surface area contributed by atoms with E-state index < -0.39 is 47.6 Å². The number of imidazole rings is 1. The van der Waals surface area contributed by atoms with Crippen LogP contribution in [0.15, 0.2) is 103 Å². The topological polar surface area (TPSA) is 159 Å². The van der Waals surface area contributed by atoms with E-state index in [0.29, 0.717) is 36.6 Å². The number of aromatic nitrogens is 2. The highest BCUT2D eigenvalue weighted by atomic mass is 35.5. The Morgan fingerprint density at radius 1 is 0.795 bits per heavy atom. The molecule has 5 amide bonds. The molecule has 1 saturated carbocycles. The van der Waals surface area contributed by atoms with Crippen LogP contribution >= 0.6 is 11.6 Å².